The van der Waals surface area contributed by atoms with Crippen LogP contribution in [0.2, 0.25) is 5.02 Å². The first kappa shape index (κ1) is 34.4. The summed E-state index contributed by atoms with van der Waals surface area (Å²) in [7, 11) is 0. The molecule has 2 aromatic rings. The van der Waals surface area contributed by atoms with Crippen LogP contribution >= 0.6 is 27.5 Å². The fourth-order valence-corrected chi connectivity index (χ4v) is 8.40. The van der Waals surface area contributed by atoms with Gasteiger partial charge in [-0.15, -0.1) is 0 Å². The number of ether oxygens (including phenoxy) is 2. The van der Waals surface area contributed by atoms with Crippen molar-refractivity contribution < 1.29 is 33.8 Å². The number of cyclic esters (lactones) is 1. The van der Waals surface area contributed by atoms with Gasteiger partial charge in [-0.05, 0) is 36.1 Å². The molecule has 10 nitrogen and oxygen atoms in total. The molecule has 8 atom stereocenters. The van der Waals surface area contributed by atoms with Crippen molar-refractivity contribution in [3.63, 3.8) is 0 Å². The first-order chi connectivity index (χ1) is 23.1. The molecule has 48 heavy (non-hydrogen) atoms. The highest BCUT2D eigenvalue weighted by Crippen LogP contribution is 2.59. The molecule has 0 saturated carbocycles. The second-order valence-corrected chi connectivity index (χ2v) is 14.1. The quantitative estimate of drug-likeness (QED) is 0.325. The van der Waals surface area contributed by atoms with Crippen molar-refractivity contribution in [3.8, 4) is 0 Å². The van der Waals surface area contributed by atoms with E-state index < -0.39 is 66.1 Å². The molecule has 12 heteroatoms. The van der Waals surface area contributed by atoms with E-state index in [1.165, 1.54) is 9.80 Å². The molecule has 0 aromatic heterocycles. The van der Waals surface area contributed by atoms with Gasteiger partial charge < -0.3 is 29.7 Å². The normalized spacial score (nSPS) is 31.2. The number of allylic oxidation sites excluding steroid dienone is 1. The first-order valence-electron chi connectivity index (χ1n) is 16.3. The van der Waals surface area contributed by atoms with E-state index in [0.29, 0.717) is 33.6 Å². The van der Waals surface area contributed by atoms with Crippen LogP contribution in [0.1, 0.15) is 44.8 Å². The smallest absolute Gasteiger partial charge is 0.313 e. The molecule has 0 radical (unpaired) electrons. The molecule has 0 unspecified atom stereocenters. The highest BCUT2D eigenvalue weighted by atomic mass is 79.9. The standard InChI is InChI=1S/C36H39BrClN3O7/c1-3-21(2)26(20-42)41-32-34(45)40(25-15-10-9-14-24(25)38)17-11-5-8-16-28(43)39-19-27(22-12-6-4-7-13-22)47-35(46)29-30(33(41)44)36(32)18-23(37)31(29)48-36/h4-7,9-15,18,21,26-27,29-32,42H,3,8,16-17,19-20H2,1-2H3,(H,39,43)/b11-5-/t21-,26-,27-,29-,30+,31-,32-,36+/m0/s1. The lowest BCUT2D eigenvalue weighted by Gasteiger charge is -2.40. The second-order valence-electron chi connectivity index (χ2n) is 12.8. The third-order valence-corrected chi connectivity index (χ3v) is 11.0. The molecule has 2 fully saturated rings. The van der Waals surface area contributed by atoms with Crippen molar-refractivity contribution in [1.29, 1.82) is 0 Å². The predicted molar refractivity (Wildman–Crippen MR) is 183 cm³/mol. The van der Waals surface area contributed by atoms with Gasteiger partial charge in [0.05, 0.1) is 35.8 Å². The lowest BCUT2D eigenvalue weighted by atomic mass is 9.74. The van der Waals surface area contributed by atoms with Crippen LogP contribution in [0, 0.1) is 17.8 Å². The highest BCUT2D eigenvalue weighted by Gasteiger charge is 2.75. The minimum Gasteiger partial charge on any atom is -0.455 e. The monoisotopic (exact) mass is 739 g/mol. The Morgan fingerprint density at radius 1 is 1.06 bits per heavy atom. The summed E-state index contributed by atoms with van der Waals surface area (Å²) in [5.74, 6) is -4.22. The summed E-state index contributed by atoms with van der Waals surface area (Å²) < 4.78 is 13.3. The molecule has 2 saturated heterocycles. The van der Waals surface area contributed by atoms with Gasteiger partial charge in [-0.1, -0.05) is 102 Å². The summed E-state index contributed by atoms with van der Waals surface area (Å²) >= 11 is 10.2. The molecule has 4 aliphatic heterocycles. The molecular formula is C36H39BrClN3O7. The molecule has 3 amide bonds. The fraction of sp³-hybridized carbons (Fsp3) is 0.444. The molecule has 254 valence electrons. The van der Waals surface area contributed by atoms with Gasteiger partial charge in [0.1, 0.15) is 29.8 Å². The number of halogens is 2. The summed E-state index contributed by atoms with van der Waals surface area (Å²) in [5.41, 5.74) is -0.425. The number of carbonyl (C=O) groups is 4. The number of amides is 3. The molecule has 5 bridgehead atoms. The Hall–Kier alpha value is -3.51. The third-order valence-electron chi connectivity index (χ3n) is 10.0. The van der Waals surface area contributed by atoms with Crippen molar-refractivity contribution in [2.24, 2.45) is 17.8 Å². The number of aliphatic hydroxyl groups is 1. The molecule has 0 aliphatic carbocycles. The maximum Gasteiger partial charge on any atom is 0.313 e. The van der Waals surface area contributed by atoms with E-state index in [1.54, 1.807) is 36.4 Å². The lowest BCUT2D eigenvalue weighted by Crippen LogP contribution is -2.59. The van der Waals surface area contributed by atoms with Gasteiger partial charge in [0, 0.05) is 17.4 Å². The van der Waals surface area contributed by atoms with E-state index in [0.717, 1.165) is 0 Å². The zero-order valence-corrected chi connectivity index (χ0v) is 29.1. The van der Waals surface area contributed by atoms with Crippen LogP contribution in [0.3, 0.4) is 0 Å². The van der Waals surface area contributed by atoms with E-state index in [2.05, 4.69) is 21.2 Å². The van der Waals surface area contributed by atoms with Crippen molar-refractivity contribution in [2.45, 2.75) is 63.0 Å². The van der Waals surface area contributed by atoms with Crippen LogP contribution in [0.4, 0.5) is 5.69 Å². The number of aliphatic hydroxyl groups excluding tert-OH is 1. The van der Waals surface area contributed by atoms with Crippen LogP contribution in [0.15, 0.2) is 77.3 Å². The molecule has 4 heterocycles. The van der Waals surface area contributed by atoms with Gasteiger partial charge in [0.15, 0.2) is 0 Å². The molecular weight excluding hydrogens is 702 g/mol. The predicted octanol–water partition coefficient (Wildman–Crippen LogP) is 4.70. The number of hydrogen-bond donors (Lipinski definition) is 2. The van der Waals surface area contributed by atoms with E-state index in [9.17, 15) is 19.5 Å². The van der Waals surface area contributed by atoms with E-state index in [4.69, 9.17) is 21.1 Å². The minimum atomic E-state index is -1.53. The summed E-state index contributed by atoms with van der Waals surface area (Å²) in [4.78, 5) is 59.9. The number of rotatable bonds is 6. The Labute approximate surface area is 293 Å². The number of anilines is 1. The number of fused-ring (bicyclic) bond motifs is 2. The first-order valence-corrected chi connectivity index (χ1v) is 17.5. The van der Waals surface area contributed by atoms with Crippen LogP contribution < -0.4 is 10.2 Å². The van der Waals surface area contributed by atoms with Crippen molar-refractivity contribution in [1.82, 2.24) is 10.2 Å². The van der Waals surface area contributed by atoms with E-state index in [-0.39, 0.29) is 31.3 Å². The number of nitrogens with one attached hydrogen (secondary N) is 1. The van der Waals surface area contributed by atoms with Crippen LogP contribution in [-0.2, 0) is 28.7 Å². The number of carbonyl (C=O) groups excluding carboxylic acids is 4. The maximum atomic E-state index is 15.1. The number of likely N-dealkylation sites (tertiary alicyclic amines) is 1. The van der Waals surface area contributed by atoms with Crippen LogP contribution in [0.25, 0.3) is 0 Å². The van der Waals surface area contributed by atoms with Gasteiger partial charge in [-0.25, -0.2) is 0 Å². The summed E-state index contributed by atoms with van der Waals surface area (Å²) in [6.45, 7) is 3.61. The number of hydrogen-bond acceptors (Lipinski definition) is 7. The van der Waals surface area contributed by atoms with Crippen LogP contribution in [0.5, 0.6) is 0 Å². The third kappa shape index (κ3) is 5.99. The SMILES string of the molecule is CC[C@H](C)[C@H](CO)N1C(=O)[C@H]2[C@@H]3C(=O)O[C@H](c4ccccc4)CNC(=O)CC/C=C\CN(c4ccccc4Cl)C(=O)[C@H]1[C@@]21C=C(Br)[C@@H]3O1. The summed E-state index contributed by atoms with van der Waals surface area (Å²) in [6, 6.07) is 14.1. The average Bonchev–Trinajstić information content (AvgIpc) is 3.68. The molecule has 4 aliphatic rings. The van der Waals surface area contributed by atoms with Crippen molar-refractivity contribution in [2.75, 3.05) is 24.6 Å². The summed E-state index contributed by atoms with van der Waals surface area (Å²) in [5, 5.41) is 13.9. The van der Waals surface area contributed by atoms with Crippen molar-refractivity contribution >= 4 is 56.9 Å². The van der Waals surface area contributed by atoms with Gasteiger partial charge in [-0.2, -0.15) is 0 Å². The topological polar surface area (TPSA) is 125 Å². The van der Waals surface area contributed by atoms with Gasteiger partial charge >= 0.3 is 5.97 Å². The Balaban J connectivity index is 1.50. The zero-order valence-electron chi connectivity index (χ0n) is 26.8. The Morgan fingerprint density at radius 3 is 2.50 bits per heavy atom. The minimum absolute atomic E-state index is 0.0332. The summed E-state index contributed by atoms with van der Waals surface area (Å²) in [6.07, 6.45) is 4.85. The Morgan fingerprint density at radius 2 is 1.79 bits per heavy atom. The Kier molecular flexibility index (Phi) is 10.1. The Bertz CT molecular complexity index is 1640. The largest absolute Gasteiger partial charge is 0.455 e. The number of benzene rings is 2. The molecule has 6 rings (SSSR count). The zero-order chi connectivity index (χ0) is 34.2. The lowest BCUT2D eigenvalue weighted by molar-refractivity contribution is -0.160. The van der Waals surface area contributed by atoms with Crippen molar-refractivity contribution in [3.05, 3.63) is 87.9 Å². The maximum absolute atomic E-state index is 15.1. The highest BCUT2D eigenvalue weighted by molar-refractivity contribution is 9.11. The van der Waals surface area contributed by atoms with E-state index in [1.807, 2.05) is 50.3 Å². The van der Waals surface area contributed by atoms with E-state index >= 15 is 4.79 Å². The number of esters is 1. The average molecular weight is 741 g/mol. The molecule has 2 N–H and O–H groups in total. The number of nitrogens with zero attached hydrogens (tertiary/aromatic N) is 2. The van der Waals surface area contributed by atoms with Gasteiger partial charge in [0.25, 0.3) is 5.91 Å². The van der Waals surface area contributed by atoms with Gasteiger partial charge in [0.2, 0.25) is 11.8 Å². The van der Waals surface area contributed by atoms with Crippen LogP contribution in [-0.4, -0.2) is 77.2 Å². The second kappa shape index (κ2) is 14.2. The molecule has 1 spiro atoms. The molecule has 2 aromatic carbocycles. The van der Waals surface area contributed by atoms with Gasteiger partial charge in [-0.3, -0.25) is 19.2 Å². The number of para-hydroxylation sites is 1. The fourth-order valence-electron chi connectivity index (χ4n) is 7.42.